The molecule has 37 heavy (non-hydrogen) atoms. The second kappa shape index (κ2) is 17.0. The number of hydrogen-bond donors (Lipinski definition) is 3. The van der Waals surface area contributed by atoms with Gasteiger partial charge in [-0.05, 0) is 76.0 Å². The highest BCUT2D eigenvalue weighted by atomic mass is 16.6. The first-order chi connectivity index (χ1) is 17.8. The first kappa shape index (κ1) is 30.6. The van der Waals surface area contributed by atoms with E-state index in [2.05, 4.69) is 30.1 Å². The molecule has 2 aliphatic carbocycles. The Kier molecular flexibility index (Phi) is 14.0. The molecule has 0 radical (unpaired) electrons. The van der Waals surface area contributed by atoms with E-state index in [9.17, 15) is 24.9 Å². The van der Waals surface area contributed by atoms with Crippen LogP contribution in [0, 0.1) is 42.4 Å². The van der Waals surface area contributed by atoms with Crippen LogP contribution in [-0.4, -0.2) is 45.6 Å². The highest BCUT2D eigenvalue weighted by Crippen LogP contribution is 2.38. The zero-order valence-corrected chi connectivity index (χ0v) is 21.8. The van der Waals surface area contributed by atoms with Gasteiger partial charge in [-0.3, -0.25) is 9.59 Å². The maximum Gasteiger partial charge on any atom is 0.318 e. The highest BCUT2D eigenvalue weighted by Gasteiger charge is 2.40. The van der Waals surface area contributed by atoms with Crippen molar-refractivity contribution < 1.29 is 29.6 Å². The summed E-state index contributed by atoms with van der Waals surface area (Å²) >= 11 is 0. The lowest BCUT2D eigenvalue weighted by Crippen LogP contribution is -2.23. The van der Waals surface area contributed by atoms with Crippen LogP contribution in [0.3, 0.4) is 0 Å². The summed E-state index contributed by atoms with van der Waals surface area (Å²) in [6, 6.07) is 0. The summed E-state index contributed by atoms with van der Waals surface area (Å²) in [5, 5.41) is 31.4. The Morgan fingerprint density at radius 3 is 2.49 bits per heavy atom. The van der Waals surface area contributed by atoms with E-state index in [0.29, 0.717) is 44.9 Å². The summed E-state index contributed by atoms with van der Waals surface area (Å²) in [6.45, 7) is 0. The second-order valence-electron chi connectivity index (χ2n) is 10.1. The molecular weight excluding hydrogens is 468 g/mol. The third-order valence-corrected chi connectivity index (χ3v) is 7.30. The average molecular weight is 511 g/mol. The third-order valence-electron chi connectivity index (χ3n) is 7.30. The van der Waals surface area contributed by atoms with E-state index >= 15 is 0 Å². The van der Waals surface area contributed by atoms with Crippen molar-refractivity contribution >= 4 is 11.9 Å². The molecule has 202 valence electrons. The molecule has 0 unspecified atom stereocenters. The summed E-state index contributed by atoms with van der Waals surface area (Å²) in [6.07, 6.45) is 26.9. The number of allylic oxidation sites excluding steroid dienone is 6. The number of aliphatic hydroxyl groups excluding tert-OH is 3. The molecule has 3 N–H and O–H groups in total. The quantitative estimate of drug-likeness (QED) is 0.0992. The van der Waals surface area contributed by atoms with Crippen LogP contribution < -0.4 is 0 Å². The molecule has 0 aromatic carbocycles. The molecule has 0 aromatic heterocycles. The van der Waals surface area contributed by atoms with Crippen molar-refractivity contribution in [1.82, 2.24) is 0 Å². The maximum absolute atomic E-state index is 12.0. The number of hydrogen-bond acceptors (Lipinski definition) is 6. The van der Waals surface area contributed by atoms with Gasteiger partial charge in [0, 0.05) is 19.3 Å². The minimum Gasteiger partial charge on any atom is -0.393 e. The van der Waals surface area contributed by atoms with Gasteiger partial charge < -0.3 is 20.1 Å². The van der Waals surface area contributed by atoms with Gasteiger partial charge in [-0.2, -0.15) is 0 Å². The van der Waals surface area contributed by atoms with Crippen molar-refractivity contribution in [2.75, 3.05) is 0 Å². The van der Waals surface area contributed by atoms with Crippen LogP contribution in [0.25, 0.3) is 0 Å². The average Bonchev–Trinajstić information content (AvgIpc) is 3.15. The number of ether oxygens (including phenoxy) is 1. The molecule has 0 spiro atoms. The maximum atomic E-state index is 12.0. The third kappa shape index (κ3) is 11.1. The highest BCUT2D eigenvalue weighted by molar-refractivity contribution is 5.87. The minimum atomic E-state index is -0.677. The van der Waals surface area contributed by atoms with Gasteiger partial charge in [-0.25, -0.2) is 0 Å². The number of carbonyl (C=O) groups excluding carboxylic acids is 2. The molecule has 6 nitrogen and oxygen atoms in total. The number of terminal acetylenes is 2. The standard InChI is InChI=1S/C31H42O6/c1-3-12-24(13-4-2)31(36)37-30(35)17-11-6-5-10-16-26-27(29(34)22-28(26)33)21-20-25(32)19-18-23-14-8-7-9-15-23/h1-2,5,8,10,14-15,24-29,32-34H,6-7,9,11-13,16-22H2/b10-5-/t25-,26+,27+,28-,29+/m0/s1. The monoisotopic (exact) mass is 510 g/mol. The molecule has 0 aromatic rings. The van der Waals surface area contributed by atoms with Gasteiger partial charge >= 0.3 is 11.9 Å². The van der Waals surface area contributed by atoms with Gasteiger partial charge in [-0.15, -0.1) is 24.7 Å². The molecular formula is C31H42O6. The van der Waals surface area contributed by atoms with Crippen LogP contribution in [0.4, 0.5) is 0 Å². The van der Waals surface area contributed by atoms with Crippen molar-refractivity contribution in [2.24, 2.45) is 17.8 Å². The molecule has 0 bridgehead atoms. The topological polar surface area (TPSA) is 104 Å². The molecule has 0 heterocycles. The number of rotatable bonds is 15. The molecule has 0 amide bonds. The fourth-order valence-electron chi connectivity index (χ4n) is 5.13. The van der Waals surface area contributed by atoms with Gasteiger partial charge in [0.25, 0.3) is 0 Å². The Bertz CT molecular complexity index is 886. The molecule has 6 heteroatoms. The summed E-state index contributed by atoms with van der Waals surface area (Å²) < 4.78 is 4.86. The van der Waals surface area contributed by atoms with E-state index in [0.717, 1.165) is 19.3 Å². The van der Waals surface area contributed by atoms with E-state index < -0.39 is 36.2 Å². The first-order valence-corrected chi connectivity index (χ1v) is 13.5. The molecule has 5 atom stereocenters. The minimum absolute atomic E-state index is 0.0527. The zero-order chi connectivity index (χ0) is 27.0. The van der Waals surface area contributed by atoms with Crippen LogP contribution in [0.5, 0.6) is 0 Å². The summed E-state index contributed by atoms with van der Waals surface area (Å²) in [5.74, 6) is 2.69. The second-order valence-corrected chi connectivity index (χ2v) is 10.1. The predicted molar refractivity (Wildman–Crippen MR) is 144 cm³/mol. The fourth-order valence-corrected chi connectivity index (χ4v) is 5.13. The molecule has 0 saturated heterocycles. The van der Waals surface area contributed by atoms with E-state index in [1.54, 1.807) is 0 Å². The van der Waals surface area contributed by atoms with Gasteiger partial charge in [-0.1, -0.05) is 36.0 Å². The molecule has 2 rings (SSSR count). The van der Waals surface area contributed by atoms with Crippen LogP contribution in [-0.2, 0) is 14.3 Å². The van der Waals surface area contributed by atoms with Gasteiger partial charge in [0.05, 0.1) is 24.2 Å². The lowest BCUT2D eigenvalue weighted by molar-refractivity contribution is -0.162. The lowest BCUT2D eigenvalue weighted by atomic mass is 9.85. The van der Waals surface area contributed by atoms with Gasteiger partial charge in [0.1, 0.15) is 0 Å². The van der Waals surface area contributed by atoms with Gasteiger partial charge in [0.15, 0.2) is 0 Å². The Balaban J connectivity index is 1.69. The van der Waals surface area contributed by atoms with Crippen molar-refractivity contribution in [2.45, 2.75) is 102 Å². The van der Waals surface area contributed by atoms with Crippen molar-refractivity contribution in [3.63, 3.8) is 0 Å². The molecule has 2 aliphatic rings. The SMILES string of the molecule is C#CCC(CC#C)C(=O)OC(=O)CCC/C=C\C[C@@H]1[C@@H](CC[C@@H](O)CCC2=CCCC=C2)[C@H](O)C[C@@H]1O. The van der Waals surface area contributed by atoms with Crippen LogP contribution in [0.15, 0.2) is 36.0 Å². The summed E-state index contributed by atoms with van der Waals surface area (Å²) in [4.78, 5) is 23.9. The molecule has 1 fully saturated rings. The normalized spacial score (nSPS) is 24.0. The van der Waals surface area contributed by atoms with E-state index in [1.807, 2.05) is 12.2 Å². The van der Waals surface area contributed by atoms with E-state index in [1.165, 1.54) is 5.57 Å². The Hall–Kier alpha value is -2.64. The number of esters is 2. The van der Waals surface area contributed by atoms with Crippen molar-refractivity contribution in [3.8, 4) is 24.7 Å². The summed E-state index contributed by atoms with van der Waals surface area (Å²) in [5.41, 5.74) is 1.28. The van der Waals surface area contributed by atoms with Crippen molar-refractivity contribution in [1.29, 1.82) is 0 Å². The van der Waals surface area contributed by atoms with Crippen LogP contribution in [0.2, 0.25) is 0 Å². The Morgan fingerprint density at radius 2 is 1.81 bits per heavy atom. The number of unbranched alkanes of at least 4 members (excludes halogenated alkanes) is 1. The van der Waals surface area contributed by atoms with Crippen LogP contribution in [0.1, 0.15) is 83.5 Å². The number of aliphatic hydroxyl groups is 3. The van der Waals surface area contributed by atoms with Crippen LogP contribution >= 0.6 is 0 Å². The van der Waals surface area contributed by atoms with Crippen molar-refractivity contribution in [3.05, 3.63) is 36.0 Å². The fraction of sp³-hybridized carbons (Fsp3) is 0.613. The van der Waals surface area contributed by atoms with E-state index in [4.69, 9.17) is 17.6 Å². The summed E-state index contributed by atoms with van der Waals surface area (Å²) in [7, 11) is 0. The number of carbonyl (C=O) groups is 2. The Morgan fingerprint density at radius 1 is 1.08 bits per heavy atom. The predicted octanol–water partition coefficient (Wildman–Crippen LogP) is 4.39. The first-order valence-electron chi connectivity index (χ1n) is 13.5. The zero-order valence-electron chi connectivity index (χ0n) is 21.8. The molecule has 0 aliphatic heterocycles. The molecule has 1 saturated carbocycles. The smallest absolute Gasteiger partial charge is 0.318 e. The lowest BCUT2D eigenvalue weighted by Gasteiger charge is -2.23. The Labute approximate surface area is 221 Å². The van der Waals surface area contributed by atoms with E-state index in [-0.39, 0.29) is 31.1 Å². The van der Waals surface area contributed by atoms with Gasteiger partial charge in [0.2, 0.25) is 0 Å². The largest absolute Gasteiger partial charge is 0.393 e.